The minimum atomic E-state index is 0.332. The molecule has 4 rings (SSSR count). The lowest BCUT2D eigenvalue weighted by molar-refractivity contribution is 0.762. The zero-order valence-electron chi connectivity index (χ0n) is 16.0. The smallest absolute Gasteiger partial charge is 0.254 e. The lowest BCUT2D eigenvalue weighted by Crippen LogP contribution is -2.10. The fraction of sp³-hybridized carbons (Fsp3) is 0.300. The summed E-state index contributed by atoms with van der Waals surface area (Å²) in [6, 6.07) is 10.2. The van der Waals surface area contributed by atoms with E-state index in [0.717, 1.165) is 34.0 Å². The van der Waals surface area contributed by atoms with Crippen molar-refractivity contribution in [2.75, 3.05) is 5.32 Å². The largest absolute Gasteiger partial charge is 0.365 e. The third-order valence-corrected chi connectivity index (χ3v) is 4.74. The fourth-order valence-electron chi connectivity index (χ4n) is 3.18. The third-order valence-electron chi connectivity index (χ3n) is 4.74. The summed E-state index contributed by atoms with van der Waals surface area (Å²) in [5.74, 6) is 1.85. The molecule has 0 atom stereocenters. The van der Waals surface area contributed by atoms with Crippen molar-refractivity contribution >= 4 is 11.6 Å². The molecule has 27 heavy (non-hydrogen) atoms. The third kappa shape index (κ3) is 3.16. The molecule has 0 aliphatic carbocycles. The van der Waals surface area contributed by atoms with Gasteiger partial charge in [-0.1, -0.05) is 32.0 Å². The Hall–Kier alpha value is -3.22. The first-order valence-corrected chi connectivity index (χ1v) is 9.09. The Kier molecular flexibility index (Phi) is 4.35. The van der Waals surface area contributed by atoms with Gasteiger partial charge in [0.05, 0.1) is 11.4 Å². The van der Waals surface area contributed by atoms with Gasteiger partial charge in [-0.2, -0.15) is 19.7 Å². The number of nitrogens with one attached hydrogen (secondary N) is 1. The molecule has 3 heterocycles. The molecule has 0 amide bonds. The Morgan fingerprint density at radius 1 is 1.11 bits per heavy atom. The van der Waals surface area contributed by atoms with Crippen molar-refractivity contribution in [3.05, 3.63) is 65.4 Å². The number of hydrogen-bond donors (Lipinski definition) is 1. The number of hydrogen-bond acceptors (Lipinski definition) is 5. The normalized spacial score (nSPS) is 11.4. The Labute approximate surface area is 158 Å². The topological polar surface area (TPSA) is 72.9 Å². The monoisotopic (exact) mass is 361 g/mol. The van der Waals surface area contributed by atoms with Gasteiger partial charge in [-0.25, -0.2) is 9.67 Å². The van der Waals surface area contributed by atoms with Gasteiger partial charge < -0.3 is 5.32 Å². The van der Waals surface area contributed by atoms with Gasteiger partial charge in [0.1, 0.15) is 12.1 Å². The minimum Gasteiger partial charge on any atom is -0.365 e. The SMILES string of the molecule is Cc1nc2ncnn2c(NCc2cn(-c3ccccc3)nc2C(C)C)c1C. The van der Waals surface area contributed by atoms with Gasteiger partial charge in [-0.3, -0.25) is 0 Å². The summed E-state index contributed by atoms with van der Waals surface area (Å²) in [6.45, 7) is 9.02. The van der Waals surface area contributed by atoms with Crippen molar-refractivity contribution in [3.63, 3.8) is 0 Å². The number of aromatic nitrogens is 6. The van der Waals surface area contributed by atoms with E-state index in [1.54, 1.807) is 4.52 Å². The molecule has 0 spiro atoms. The van der Waals surface area contributed by atoms with Crippen LogP contribution in [0.25, 0.3) is 11.5 Å². The van der Waals surface area contributed by atoms with Gasteiger partial charge in [0.2, 0.25) is 0 Å². The predicted molar refractivity (Wildman–Crippen MR) is 105 cm³/mol. The average molecular weight is 361 g/mol. The molecule has 0 fully saturated rings. The maximum atomic E-state index is 4.81. The second kappa shape index (κ2) is 6.83. The maximum Gasteiger partial charge on any atom is 0.254 e. The van der Waals surface area contributed by atoms with Crippen molar-refractivity contribution in [3.8, 4) is 5.69 Å². The first-order valence-electron chi connectivity index (χ1n) is 9.09. The number of benzene rings is 1. The second-order valence-corrected chi connectivity index (χ2v) is 6.97. The van der Waals surface area contributed by atoms with Crippen LogP contribution in [0, 0.1) is 13.8 Å². The molecule has 7 nitrogen and oxygen atoms in total. The van der Waals surface area contributed by atoms with Crippen LogP contribution in [0.15, 0.2) is 42.9 Å². The second-order valence-electron chi connectivity index (χ2n) is 6.97. The van der Waals surface area contributed by atoms with Gasteiger partial charge in [-0.15, -0.1) is 0 Å². The highest BCUT2D eigenvalue weighted by Gasteiger charge is 2.16. The molecule has 0 saturated carbocycles. The Morgan fingerprint density at radius 2 is 1.89 bits per heavy atom. The first-order chi connectivity index (χ1) is 13.0. The fourth-order valence-corrected chi connectivity index (χ4v) is 3.18. The maximum absolute atomic E-state index is 4.81. The molecule has 4 aromatic rings. The van der Waals surface area contributed by atoms with Crippen molar-refractivity contribution < 1.29 is 0 Å². The highest BCUT2D eigenvalue weighted by molar-refractivity contribution is 5.52. The molecule has 7 heteroatoms. The zero-order chi connectivity index (χ0) is 19.0. The predicted octanol–water partition coefficient (Wildman–Crippen LogP) is 3.66. The number of rotatable bonds is 5. The standard InChI is InChI=1S/C20H23N7/c1-13(2)18-16(11-26(25-18)17-8-6-5-7-9-17)10-21-19-14(3)15(4)24-20-22-12-23-27(19)20/h5-9,11-13,21H,10H2,1-4H3. The molecular formula is C20H23N7. The van der Waals surface area contributed by atoms with E-state index in [1.807, 2.05) is 36.7 Å². The van der Waals surface area contributed by atoms with Gasteiger partial charge in [-0.05, 0) is 31.9 Å². The van der Waals surface area contributed by atoms with Crippen LogP contribution in [-0.2, 0) is 6.54 Å². The van der Waals surface area contributed by atoms with Crippen LogP contribution in [0.3, 0.4) is 0 Å². The van der Waals surface area contributed by atoms with E-state index in [2.05, 4.69) is 52.6 Å². The first kappa shape index (κ1) is 17.2. The van der Waals surface area contributed by atoms with E-state index < -0.39 is 0 Å². The van der Waals surface area contributed by atoms with Gasteiger partial charge >= 0.3 is 0 Å². The summed E-state index contributed by atoms with van der Waals surface area (Å²) in [5, 5.41) is 12.6. The van der Waals surface area contributed by atoms with Gasteiger partial charge in [0.15, 0.2) is 0 Å². The van der Waals surface area contributed by atoms with Gasteiger partial charge in [0, 0.05) is 29.6 Å². The van der Waals surface area contributed by atoms with Crippen LogP contribution in [0.5, 0.6) is 0 Å². The van der Waals surface area contributed by atoms with E-state index in [9.17, 15) is 0 Å². The average Bonchev–Trinajstić information content (AvgIpc) is 3.30. The molecule has 3 aromatic heterocycles. The number of anilines is 1. The molecule has 0 unspecified atom stereocenters. The minimum absolute atomic E-state index is 0.332. The Balaban J connectivity index is 1.68. The number of aryl methyl sites for hydroxylation is 1. The number of para-hydroxylation sites is 1. The lowest BCUT2D eigenvalue weighted by atomic mass is 10.1. The van der Waals surface area contributed by atoms with Crippen molar-refractivity contribution in [1.29, 1.82) is 0 Å². The van der Waals surface area contributed by atoms with Crippen molar-refractivity contribution in [2.45, 2.75) is 40.2 Å². The Bertz CT molecular complexity index is 1080. The summed E-state index contributed by atoms with van der Waals surface area (Å²) in [5.41, 5.74) is 5.32. The van der Waals surface area contributed by atoms with Crippen LogP contribution in [-0.4, -0.2) is 29.4 Å². The summed E-state index contributed by atoms with van der Waals surface area (Å²) in [4.78, 5) is 8.68. The van der Waals surface area contributed by atoms with Crippen LogP contribution in [0.2, 0.25) is 0 Å². The highest BCUT2D eigenvalue weighted by Crippen LogP contribution is 2.23. The molecule has 0 aliphatic rings. The van der Waals surface area contributed by atoms with E-state index in [4.69, 9.17) is 5.10 Å². The van der Waals surface area contributed by atoms with E-state index in [1.165, 1.54) is 6.33 Å². The quantitative estimate of drug-likeness (QED) is 0.587. The van der Waals surface area contributed by atoms with Crippen LogP contribution in [0.4, 0.5) is 5.82 Å². The van der Waals surface area contributed by atoms with E-state index in [-0.39, 0.29) is 0 Å². The van der Waals surface area contributed by atoms with Crippen LogP contribution in [0.1, 0.15) is 42.3 Å². The van der Waals surface area contributed by atoms with Crippen molar-refractivity contribution in [2.24, 2.45) is 0 Å². The summed E-state index contributed by atoms with van der Waals surface area (Å²) in [6.07, 6.45) is 3.62. The Morgan fingerprint density at radius 3 is 2.63 bits per heavy atom. The summed E-state index contributed by atoms with van der Waals surface area (Å²) < 4.78 is 3.70. The number of nitrogens with zero attached hydrogens (tertiary/aromatic N) is 6. The van der Waals surface area contributed by atoms with Crippen LogP contribution >= 0.6 is 0 Å². The van der Waals surface area contributed by atoms with E-state index in [0.29, 0.717) is 18.2 Å². The summed E-state index contributed by atoms with van der Waals surface area (Å²) in [7, 11) is 0. The molecule has 0 aliphatic heterocycles. The molecule has 0 radical (unpaired) electrons. The lowest BCUT2D eigenvalue weighted by Gasteiger charge is -2.13. The highest BCUT2D eigenvalue weighted by atomic mass is 15.4. The molecule has 0 bridgehead atoms. The molecule has 1 aromatic carbocycles. The molecule has 138 valence electrons. The molecular weight excluding hydrogens is 338 g/mol. The van der Waals surface area contributed by atoms with Gasteiger partial charge in [0.25, 0.3) is 5.78 Å². The zero-order valence-corrected chi connectivity index (χ0v) is 16.0. The number of fused-ring (bicyclic) bond motifs is 1. The summed E-state index contributed by atoms with van der Waals surface area (Å²) >= 11 is 0. The molecule has 0 saturated heterocycles. The van der Waals surface area contributed by atoms with Crippen LogP contribution < -0.4 is 5.32 Å². The molecule has 1 N–H and O–H groups in total. The van der Waals surface area contributed by atoms with E-state index >= 15 is 0 Å². The van der Waals surface area contributed by atoms with Crippen molar-refractivity contribution in [1.82, 2.24) is 29.4 Å².